The van der Waals surface area contributed by atoms with E-state index in [1.54, 1.807) is 31.4 Å². The van der Waals surface area contributed by atoms with Gasteiger partial charge in [0.25, 0.3) is 5.91 Å². The van der Waals surface area contributed by atoms with Crippen LogP contribution in [0.2, 0.25) is 5.02 Å². The van der Waals surface area contributed by atoms with E-state index in [1.165, 1.54) is 12.1 Å². The Hall–Kier alpha value is -3.12. The first-order valence-corrected chi connectivity index (χ1v) is 8.35. The minimum absolute atomic E-state index is 0.0848. The lowest BCUT2D eigenvalue weighted by atomic mass is 10.0. The fraction of sp³-hybridized carbons (Fsp3) is 0.100. The maximum atomic E-state index is 13.6. The van der Waals surface area contributed by atoms with Crippen molar-refractivity contribution in [1.82, 2.24) is 0 Å². The maximum absolute atomic E-state index is 13.6. The lowest BCUT2D eigenvalue weighted by molar-refractivity contribution is -0.119. The zero-order valence-electron chi connectivity index (χ0n) is 14.3. The van der Waals surface area contributed by atoms with Crippen LogP contribution in [0.25, 0.3) is 10.8 Å². The average molecular weight is 388 g/mol. The Morgan fingerprint density at radius 1 is 1.07 bits per heavy atom. The third-order valence-corrected chi connectivity index (χ3v) is 4.10. The molecule has 0 spiro atoms. The molecule has 0 atom stereocenters. The molecule has 0 aromatic heterocycles. The molecule has 0 saturated heterocycles. The minimum Gasteiger partial charge on any atom is -0.496 e. The van der Waals surface area contributed by atoms with Crippen molar-refractivity contribution in [3.8, 4) is 5.75 Å². The highest BCUT2D eigenvalue weighted by Crippen LogP contribution is 2.28. The van der Waals surface area contributed by atoms with Gasteiger partial charge in [0.05, 0.1) is 18.4 Å². The first kappa shape index (κ1) is 18.7. The smallest absolute Gasteiger partial charge is 0.339 e. The number of carbonyl (C=O) groups excluding carboxylic acids is 2. The summed E-state index contributed by atoms with van der Waals surface area (Å²) < 4.78 is 24.0. The SMILES string of the molecule is COc1ccc(C(=O)OCC(=O)Nc2cc(Cl)ccc2F)c2ccccc12. The number of anilines is 1. The average Bonchev–Trinajstić information content (AvgIpc) is 2.68. The monoisotopic (exact) mass is 387 g/mol. The molecule has 3 rings (SSSR count). The van der Waals surface area contributed by atoms with Crippen molar-refractivity contribution in [3.63, 3.8) is 0 Å². The van der Waals surface area contributed by atoms with Crippen LogP contribution in [0.3, 0.4) is 0 Å². The second-order valence-corrected chi connectivity index (χ2v) is 6.05. The Labute approximate surface area is 159 Å². The van der Waals surface area contributed by atoms with Gasteiger partial charge in [0.15, 0.2) is 6.61 Å². The Kier molecular flexibility index (Phi) is 5.57. The van der Waals surface area contributed by atoms with E-state index in [9.17, 15) is 14.0 Å². The van der Waals surface area contributed by atoms with Gasteiger partial charge in [-0.05, 0) is 35.7 Å². The number of halogens is 2. The third kappa shape index (κ3) is 4.17. The Balaban J connectivity index is 1.72. The van der Waals surface area contributed by atoms with Gasteiger partial charge in [0.2, 0.25) is 0 Å². The second kappa shape index (κ2) is 8.05. The summed E-state index contributed by atoms with van der Waals surface area (Å²) in [6.45, 7) is -0.564. The third-order valence-electron chi connectivity index (χ3n) is 3.86. The summed E-state index contributed by atoms with van der Waals surface area (Å²) >= 11 is 5.77. The number of methoxy groups -OCH3 is 1. The van der Waals surface area contributed by atoms with Crippen molar-refractivity contribution < 1.29 is 23.5 Å². The molecule has 7 heteroatoms. The molecule has 1 amide bonds. The number of esters is 1. The van der Waals surface area contributed by atoms with Crippen LogP contribution < -0.4 is 10.1 Å². The standard InChI is InChI=1S/C20H15ClFNO4/c1-26-18-9-7-15(13-4-2-3-5-14(13)18)20(25)27-11-19(24)23-17-10-12(21)6-8-16(17)22/h2-10H,11H2,1H3,(H,23,24). The van der Waals surface area contributed by atoms with E-state index < -0.39 is 24.3 Å². The molecule has 0 aliphatic rings. The number of fused-ring (bicyclic) bond motifs is 1. The molecule has 1 N–H and O–H groups in total. The molecule has 138 valence electrons. The predicted octanol–water partition coefficient (Wildman–Crippen LogP) is 4.44. The molecule has 0 radical (unpaired) electrons. The summed E-state index contributed by atoms with van der Waals surface area (Å²) in [5.41, 5.74) is 0.214. The molecule has 5 nitrogen and oxygen atoms in total. The number of carbonyl (C=O) groups is 2. The molecule has 0 aliphatic carbocycles. The molecule has 0 unspecified atom stereocenters. The van der Waals surface area contributed by atoms with Crippen LogP contribution in [0.1, 0.15) is 10.4 Å². The molecular formula is C20H15ClFNO4. The van der Waals surface area contributed by atoms with Gasteiger partial charge in [0, 0.05) is 10.4 Å². The van der Waals surface area contributed by atoms with E-state index in [4.69, 9.17) is 21.1 Å². The van der Waals surface area contributed by atoms with Crippen LogP contribution in [0.5, 0.6) is 5.75 Å². The highest BCUT2D eigenvalue weighted by Gasteiger charge is 2.16. The molecule has 3 aromatic rings. The first-order chi connectivity index (χ1) is 13.0. The number of rotatable bonds is 5. The van der Waals surface area contributed by atoms with Gasteiger partial charge in [-0.2, -0.15) is 0 Å². The summed E-state index contributed by atoms with van der Waals surface area (Å²) in [7, 11) is 1.54. The normalized spacial score (nSPS) is 10.5. The first-order valence-electron chi connectivity index (χ1n) is 7.97. The summed E-state index contributed by atoms with van der Waals surface area (Å²) in [4.78, 5) is 24.4. The zero-order chi connectivity index (χ0) is 19.4. The van der Waals surface area contributed by atoms with E-state index in [2.05, 4.69) is 5.32 Å². The van der Waals surface area contributed by atoms with Crippen molar-refractivity contribution >= 4 is 39.9 Å². The van der Waals surface area contributed by atoms with Crippen molar-refractivity contribution in [2.75, 3.05) is 19.0 Å². The fourth-order valence-corrected chi connectivity index (χ4v) is 2.79. The van der Waals surface area contributed by atoms with Crippen LogP contribution in [0.4, 0.5) is 10.1 Å². The van der Waals surface area contributed by atoms with E-state index in [0.717, 1.165) is 11.5 Å². The number of amides is 1. The summed E-state index contributed by atoms with van der Waals surface area (Å²) in [5.74, 6) is -1.37. The van der Waals surface area contributed by atoms with Gasteiger partial charge >= 0.3 is 5.97 Å². The minimum atomic E-state index is -0.678. The van der Waals surface area contributed by atoms with Crippen molar-refractivity contribution in [2.45, 2.75) is 0 Å². The highest BCUT2D eigenvalue weighted by molar-refractivity contribution is 6.30. The van der Waals surface area contributed by atoms with Crippen LogP contribution >= 0.6 is 11.6 Å². The lowest BCUT2D eigenvalue weighted by Gasteiger charge is -2.11. The summed E-state index contributed by atoms with van der Waals surface area (Å²) in [6.07, 6.45) is 0. The fourth-order valence-electron chi connectivity index (χ4n) is 2.62. The van der Waals surface area contributed by atoms with Gasteiger partial charge in [-0.3, -0.25) is 4.79 Å². The Morgan fingerprint density at radius 2 is 1.81 bits per heavy atom. The molecule has 0 fully saturated rings. The molecule has 27 heavy (non-hydrogen) atoms. The van der Waals surface area contributed by atoms with E-state index >= 15 is 0 Å². The summed E-state index contributed by atoms with van der Waals surface area (Å²) in [6, 6.07) is 14.2. The second-order valence-electron chi connectivity index (χ2n) is 5.61. The number of hydrogen-bond donors (Lipinski definition) is 1. The van der Waals surface area contributed by atoms with E-state index in [-0.39, 0.29) is 10.7 Å². The topological polar surface area (TPSA) is 64.6 Å². The Morgan fingerprint density at radius 3 is 2.56 bits per heavy atom. The Bertz CT molecular complexity index is 1020. The van der Waals surface area contributed by atoms with Gasteiger partial charge in [0.1, 0.15) is 11.6 Å². The van der Waals surface area contributed by atoms with E-state index in [1.807, 2.05) is 12.1 Å². The van der Waals surface area contributed by atoms with Gasteiger partial charge in [-0.15, -0.1) is 0 Å². The molecule has 0 aliphatic heterocycles. The zero-order valence-corrected chi connectivity index (χ0v) is 15.0. The molecule has 0 saturated carbocycles. The quantitative estimate of drug-likeness (QED) is 0.657. The van der Waals surface area contributed by atoms with Gasteiger partial charge in [-0.25, -0.2) is 9.18 Å². The van der Waals surface area contributed by atoms with Crippen LogP contribution in [-0.2, 0) is 9.53 Å². The van der Waals surface area contributed by atoms with Crippen LogP contribution in [0.15, 0.2) is 54.6 Å². The number of nitrogens with one attached hydrogen (secondary N) is 1. The van der Waals surface area contributed by atoms with Crippen LogP contribution in [-0.4, -0.2) is 25.6 Å². The molecule has 0 bridgehead atoms. The largest absolute Gasteiger partial charge is 0.496 e. The van der Waals surface area contributed by atoms with Gasteiger partial charge in [-0.1, -0.05) is 35.9 Å². The van der Waals surface area contributed by atoms with Crippen molar-refractivity contribution in [3.05, 3.63) is 71.0 Å². The van der Waals surface area contributed by atoms with Crippen molar-refractivity contribution in [1.29, 1.82) is 0 Å². The maximum Gasteiger partial charge on any atom is 0.339 e. The summed E-state index contributed by atoms with van der Waals surface area (Å²) in [5, 5.41) is 3.98. The molecular weight excluding hydrogens is 373 g/mol. The van der Waals surface area contributed by atoms with Crippen molar-refractivity contribution in [2.24, 2.45) is 0 Å². The van der Waals surface area contributed by atoms with Crippen LogP contribution in [0, 0.1) is 5.82 Å². The lowest BCUT2D eigenvalue weighted by Crippen LogP contribution is -2.21. The number of hydrogen-bond acceptors (Lipinski definition) is 4. The van der Waals surface area contributed by atoms with E-state index in [0.29, 0.717) is 16.7 Å². The predicted molar refractivity (Wildman–Crippen MR) is 101 cm³/mol. The molecule has 0 heterocycles. The number of ether oxygens (including phenoxy) is 2. The highest BCUT2D eigenvalue weighted by atomic mass is 35.5. The number of benzene rings is 3. The molecule has 3 aromatic carbocycles. The van der Waals surface area contributed by atoms with Gasteiger partial charge < -0.3 is 14.8 Å².